The van der Waals surface area contributed by atoms with Crippen molar-refractivity contribution < 1.29 is 36.3 Å². The minimum atomic E-state index is -4.24. The summed E-state index contributed by atoms with van der Waals surface area (Å²) in [4.78, 5) is 28.0. The van der Waals surface area contributed by atoms with Crippen LogP contribution in [0.2, 0.25) is 5.02 Å². The van der Waals surface area contributed by atoms with Gasteiger partial charge in [0.05, 0.1) is 23.4 Å². The summed E-state index contributed by atoms with van der Waals surface area (Å²) >= 11 is 6.17. The molecule has 0 aromatic heterocycles. The van der Waals surface area contributed by atoms with Gasteiger partial charge in [-0.15, -0.1) is 0 Å². The van der Waals surface area contributed by atoms with E-state index in [9.17, 15) is 31.5 Å². The van der Waals surface area contributed by atoms with E-state index in [2.05, 4.69) is 15.4 Å². The highest BCUT2D eigenvalue weighted by atomic mass is 35.5. The summed E-state index contributed by atoms with van der Waals surface area (Å²) < 4.78 is 72.0. The maximum absolute atomic E-state index is 14.8. The van der Waals surface area contributed by atoms with E-state index in [1.807, 2.05) is 11.8 Å². The fourth-order valence-electron chi connectivity index (χ4n) is 4.16. The maximum atomic E-state index is 14.8. The number of hydrogen-bond donors (Lipinski definition) is 2. The number of nitrogens with one attached hydrogen (secondary N) is 2. The lowest BCUT2D eigenvalue weighted by atomic mass is 10.1. The summed E-state index contributed by atoms with van der Waals surface area (Å²) in [6, 6.07) is 6.74. The smallest absolute Gasteiger partial charge is 0.375 e. The molecule has 0 radical (unpaired) electrons. The molecule has 7 nitrogen and oxygen atoms in total. The Morgan fingerprint density at radius 3 is 2.53 bits per heavy atom. The van der Waals surface area contributed by atoms with Gasteiger partial charge in [-0.25, -0.2) is 8.78 Å². The van der Waals surface area contributed by atoms with Gasteiger partial charge in [0.1, 0.15) is 6.61 Å². The molecular weight excluding hydrogens is 535 g/mol. The van der Waals surface area contributed by atoms with Crippen LogP contribution in [0.3, 0.4) is 0 Å². The van der Waals surface area contributed by atoms with Crippen LogP contribution in [0.1, 0.15) is 29.3 Å². The molecule has 0 unspecified atom stereocenters. The lowest BCUT2D eigenvalue weighted by Crippen LogP contribution is -2.52. The number of piperazine rings is 1. The monoisotopic (exact) mass is 562 g/mol. The normalized spacial score (nSPS) is 16.4. The van der Waals surface area contributed by atoms with Crippen LogP contribution in [0, 0.1) is 11.6 Å². The molecule has 1 atom stereocenters. The Hall–Kier alpha value is -2.96. The Labute approximate surface area is 221 Å². The molecule has 2 N–H and O–H groups in total. The number of benzene rings is 2. The Morgan fingerprint density at radius 2 is 1.87 bits per heavy atom. The number of methoxy groups -OCH3 is 1. The molecule has 2 amide bonds. The van der Waals surface area contributed by atoms with Crippen LogP contribution in [-0.4, -0.2) is 68.8 Å². The number of ether oxygens (including phenoxy) is 1. The van der Waals surface area contributed by atoms with Crippen molar-refractivity contribution >= 4 is 34.8 Å². The van der Waals surface area contributed by atoms with Crippen LogP contribution in [0.4, 0.5) is 33.3 Å². The van der Waals surface area contributed by atoms with Gasteiger partial charge >= 0.3 is 6.18 Å². The van der Waals surface area contributed by atoms with Crippen LogP contribution < -0.4 is 15.5 Å². The topological polar surface area (TPSA) is 73.9 Å². The van der Waals surface area contributed by atoms with Crippen LogP contribution in [-0.2, 0) is 16.1 Å². The Kier molecular flexibility index (Phi) is 9.91. The Balaban J connectivity index is 1.73. The largest absolute Gasteiger partial charge is 0.390 e. The number of rotatable bonds is 9. The number of amides is 2. The van der Waals surface area contributed by atoms with Gasteiger partial charge in [-0.1, -0.05) is 17.7 Å². The molecule has 13 heteroatoms. The third kappa shape index (κ3) is 7.78. The highest BCUT2D eigenvalue weighted by Crippen LogP contribution is 2.32. The van der Waals surface area contributed by atoms with Crippen molar-refractivity contribution in [1.29, 1.82) is 0 Å². The summed E-state index contributed by atoms with van der Waals surface area (Å²) in [6.07, 6.45) is -5.15. The second-order valence-corrected chi connectivity index (χ2v) is 9.36. The number of carbonyl (C=O) groups is 2. The average molecular weight is 563 g/mol. The lowest BCUT2D eigenvalue weighted by molar-refractivity contribution is -0.139. The third-order valence-corrected chi connectivity index (χ3v) is 6.39. The molecule has 1 saturated heterocycles. The summed E-state index contributed by atoms with van der Waals surface area (Å²) in [6.45, 7) is 2.26. The van der Waals surface area contributed by atoms with E-state index < -0.39 is 41.6 Å². The van der Waals surface area contributed by atoms with Crippen molar-refractivity contribution in [3.8, 4) is 0 Å². The predicted octanol–water partition coefficient (Wildman–Crippen LogP) is 4.60. The minimum absolute atomic E-state index is 0.117. The first-order chi connectivity index (χ1) is 17.9. The zero-order valence-corrected chi connectivity index (χ0v) is 21.6. The van der Waals surface area contributed by atoms with Crippen molar-refractivity contribution in [2.24, 2.45) is 0 Å². The van der Waals surface area contributed by atoms with Gasteiger partial charge in [-0.2, -0.15) is 13.2 Å². The Morgan fingerprint density at radius 1 is 1.13 bits per heavy atom. The highest BCUT2D eigenvalue weighted by molar-refractivity contribution is 6.31. The molecule has 0 aliphatic carbocycles. The summed E-state index contributed by atoms with van der Waals surface area (Å²) in [7, 11) is 1.32. The van der Waals surface area contributed by atoms with Crippen molar-refractivity contribution in [3.05, 3.63) is 58.1 Å². The molecule has 2 aromatic rings. The summed E-state index contributed by atoms with van der Waals surface area (Å²) in [5, 5.41) is 5.32. The standard InChI is InChI=1S/C25H28ClF5N4O3/c1-15-13-35(10-9-34(15)8-7-25(29,30)31)20-11-17(26)4-6-19(20)33-24(37)18-5-3-16(22(27)23(18)28)12-32-21(36)14-38-2/h3-6,11,15H,7-10,12-14H2,1-2H3,(H,32,36)(H,33,37)/t15-/m1/s1. The fourth-order valence-corrected chi connectivity index (χ4v) is 4.32. The van der Waals surface area contributed by atoms with Crippen LogP contribution in [0.25, 0.3) is 0 Å². The molecule has 1 aliphatic heterocycles. The second-order valence-electron chi connectivity index (χ2n) is 8.92. The minimum Gasteiger partial charge on any atom is -0.375 e. The van der Waals surface area contributed by atoms with E-state index in [4.69, 9.17) is 11.6 Å². The number of anilines is 2. The second kappa shape index (κ2) is 12.7. The first kappa shape index (κ1) is 29.6. The SMILES string of the molecule is COCC(=O)NCc1ccc(C(=O)Nc2ccc(Cl)cc2N2CCN(CCC(F)(F)F)[C@H](C)C2)c(F)c1F. The van der Waals surface area contributed by atoms with Gasteiger partial charge in [-0.3, -0.25) is 14.5 Å². The molecule has 1 heterocycles. The van der Waals surface area contributed by atoms with Gasteiger partial charge in [0, 0.05) is 56.5 Å². The van der Waals surface area contributed by atoms with Gasteiger partial charge < -0.3 is 20.3 Å². The third-order valence-electron chi connectivity index (χ3n) is 6.15. The van der Waals surface area contributed by atoms with Crippen molar-refractivity contribution in [1.82, 2.24) is 10.2 Å². The molecule has 3 rings (SSSR count). The first-order valence-electron chi connectivity index (χ1n) is 11.8. The van der Waals surface area contributed by atoms with Gasteiger partial charge in [0.2, 0.25) is 5.91 Å². The Bertz CT molecular complexity index is 1160. The number of carbonyl (C=O) groups excluding carboxylic acids is 2. The average Bonchev–Trinajstić information content (AvgIpc) is 2.84. The molecule has 208 valence electrons. The predicted molar refractivity (Wildman–Crippen MR) is 133 cm³/mol. The van der Waals surface area contributed by atoms with Gasteiger partial charge in [-0.05, 0) is 31.2 Å². The van der Waals surface area contributed by atoms with E-state index in [0.717, 1.165) is 6.07 Å². The zero-order chi connectivity index (χ0) is 28.0. The number of halogens is 6. The van der Waals surface area contributed by atoms with Crippen molar-refractivity contribution in [3.63, 3.8) is 0 Å². The fraction of sp³-hybridized carbons (Fsp3) is 0.440. The first-order valence-corrected chi connectivity index (χ1v) is 12.2. The molecule has 0 saturated carbocycles. The quantitative estimate of drug-likeness (QED) is 0.437. The number of nitrogens with zero attached hydrogens (tertiary/aromatic N) is 2. The highest BCUT2D eigenvalue weighted by Gasteiger charge is 2.31. The van der Waals surface area contributed by atoms with Crippen molar-refractivity contribution in [2.45, 2.75) is 32.1 Å². The molecule has 0 bridgehead atoms. The van der Waals surface area contributed by atoms with Crippen LogP contribution in [0.5, 0.6) is 0 Å². The molecule has 1 fully saturated rings. The van der Waals surface area contributed by atoms with E-state index >= 15 is 0 Å². The van der Waals surface area contributed by atoms with E-state index in [-0.39, 0.29) is 37.0 Å². The van der Waals surface area contributed by atoms with Crippen LogP contribution >= 0.6 is 11.6 Å². The lowest BCUT2D eigenvalue weighted by Gasteiger charge is -2.41. The molecule has 1 aliphatic rings. The molecular formula is C25H28ClF5N4O3. The summed E-state index contributed by atoms with van der Waals surface area (Å²) in [5.41, 5.74) is 0.103. The number of hydrogen-bond acceptors (Lipinski definition) is 5. The van der Waals surface area contributed by atoms with Crippen molar-refractivity contribution in [2.75, 3.05) is 50.1 Å². The number of alkyl halides is 3. The zero-order valence-electron chi connectivity index (χ0n) is 20.8. The molecule has 38 heavy (non-hydrogen) atoms. The van der Waals surface area contributed by atoms with Crippen LogP contribution in [0.15, 0.2) is 30.3 Å². The van der Waals surface area contributed by atoms with E-state index in [0.29, 0.717) is 30.3 Å². The molecule has 0 spiro atoms. The summed E-state index contributed by atoms with van der Waals surface area (Å²) in [5.74, 6) is -4.06. The van der Waals surface area contributed by atoms with Gasteiger partial charge in [0.15, 0.2) is 11.6 Å². The molecule has 2 aromatic carbocycles. The van der Waals surface area contributed by atoms with E-state index in [1.165, 1.54) is 25.3 Å². The van der Waals surface area contributed by atoms with E-state index in [1.54, 1.807) is 11.0 Å². The maximum Gasteiger partial charge on any atom is 0.390 e. The van der Waals surface area contributed by atoms with Gasteiger partial charge in [0.25, 0.3) is 5.91 Å².